The highest BCUT2D eigenvalue weighted by molar-refractivity contribution is 8.00. The van der Waals surface area contributed by atoms with Crippen molar-refractivity contribution in [3.8, 4) is 0 Å². The van der Waals surface area contributed by atoms with Gasteiger partial charge in [0.2, 0.25) is 47.3 Å². The van der Waals surface area contributed by atoms with E-state index in [4.69, 9.17) is 0 Å². The average Bonchev–Trinajstić information content (AvgIpc) is 3.72. The topological polar surface area (TPSA) is 222 Å². The van der Waals surface area contributed by atoms with Crippen molar-refractivity contribution in [3.63, 3.8) is 0 Å². The number of hydrogen-bond donors (Lipinski definition) is 6. The third kappa shape index (κ3) is 10.9. The van der Waals surface area contributed by atoms with Crippen LogP contribution in [0.2, 0.25) is 0 Å². The van der Waals surface area contributed by atoms with E-state index in [1.54, 1.807) is 54.3 Å². The van der Waals surface area contributed by atoms with Crippen LogP contribution in [0.15, 0.2) is 48.5 Å². The van der Waals surface area contributed by atoms with E-state index in [-0.39, 0.29) is 77.6 Å². The van der Waals surface area contributed by atoms with Gasteiger partial charge in [-0.25, -0.2) is 0 Å². The lowest BCUT2D eigenvalue weighted by Crippen LogP contribution is -2.59. The molecular weight excluding hydrogens is 993 g/mol. The number of amides is 8. The maximum absolute atomic E-state index is 14.9. The van der Waals surface area contributed by atoms with Gasteiger partial charge in [0.05, 0.1) is 47.3 Å². The molecule has 0 spiro atoms. The number of thioether (sulfide) groups is 2. The molecule has 0 saturated carbocycles. The summed E-state index contributed by atoms with van der Waals surface area (Å²) in [6.07, 6.45) is 4.41. The van der Waals surface area contributed by atoms with E-state index in [9.17, 15) is 38.4 Å². The van der Waals surface area contributed by atoms with Gasteiger partial charge in [-0.15, -0.1) is 23.5 Å². The molecule has 5 heterocycles. The number of carbonyl (C=O) groups excluding carboxylic acids is 8. The molecular formula is C55H76N10O8S2. The molecule has 2 aliphatic carbocycles. The van der Waals surface area contributed by atoms with Crippen molar-refractivity contribution in [2.75, 3.05) is 58.3 Å². The molecule has 9 rings (SSSR count). The second kappa shape index (κ2) is 22.4. The van der Waals surface area contributed by atoms with Crippen LogP contribution in [0.1, 0.15) is 107 Å². The van der Waals surface area contributed by atoms with Crippen molar-refractivity contribution in [1.82, 2.24) is 51.5 Å². The van der Waals surface area contributed by atoms with E-state index >= 15 is 0 Å². The first-order chi connectivity index (χ1) is 35.8. The number of rotatable bonds is 12. The standard InChI is InChI=1S/C55H76N10O8S2/c1-31(57-7)47(67)59-39-21-27-75-42-29-55(4,5)46(65(42)53(39)73)49(69)61-44-35-15-11-9-13-33(35)17-19-37(44)51(71)63-24-22-62(23-25-63)50(70)36-18-16-32-12-8-10-14-34(32)43(36)60-48(68)45-54(2,3)28-41-64(45)52(72)38(20-26-74-41)58-40(66)30-56-6/h8-15,31,36-39,41-46,56-57H,16-30H2,1-7H3,(H,58,66)(H,59,67)(H,60,68)(H,61,69)/t31-,36+,37+,38-,39-,41-,42-,43+,44+,45+,46+/m0/s1. The lowest BCUT2D eigenvalue weighted by atomic mass is 9.77. The minimum Gasteiger partial charge on any atom is -0.347 e. The van der Waals surface area contributed by atoms with Gasteiger partial charge in [-0.3, -0.25) is 38.4 Å². The monoisotopic (exact) mass is 1070 g/mol. The smallest absolute Gasteiger partial charge is 0.246 e. The molecule has 18 nitrogen and oxygen atoms in total. The fourth-order valence-electron chi connectivity index (χ4n) is 13.0. The highest BCUT2D eigenvalue weighted by Crippen LogP contribution is 2.49. The van der Waals surface area contributed by atoms with Crippen LogP contribution in [0, 0.1) is 22.7 Å². The van der Waals surface area contributed by atoms with Crippen molar-refractivity contribution in [2.24, 2.45) is 22.7 Å². The van der Waals surface area contributed by atoms with E-state index in [0.717, 1.165) is 22.3 Å². The van der Waals surface area contributed by atoms with Crippen LogP contribution in [0.4, 0.5) is 0 Å². The maximum Gasteiger partial charge on any atom is 0.246 e. The predicted octanol–water partition coefficient (Wildman–Crippen LogP) is 2.47. The number of aryl methyl sites for hydroxylation is 2. The lowest BCUT2D eigenvalue weighted by molar-refractivity contribution is -0.148. The van der Waals surface area contributed by atoms with Gasteiger partial charge in [0.25, 0.3) is 0 Å². The van der Waals surface area contributed by atoms with E-state index in [0.29, 0.717) is 76.0 Å². The zero-order valence-electron chi connectivity index (χ0n) is 44.4. The molecule has 5 aliphatic heterocycles. The molecule has 5 fully saturated rings. The van der Waals surface area contributed by atoms with Crippen LogP contribution in [-0.2, 0) is 51.2 Å². The molecule has 11 atom stereocenters. The van der Waals surface area contributed by atoms with Gasteiger partial charge in [0, 0.05) is 26.2 Å². The highest BCUT2D eigenvalue weighted by atomic mass is 32.2. The van der Waals surface area contributed by atoms with Crippen molar-refractivity contribution in [2.45, 2.75) is 139 Å². The molecule has 0 radical (unpaired) electrons. The number of carbonyl (C=O) groups is 8. The number of piperazine rings is 1. The Labute approximate surface area is 449 Å². The first-order valence-electron chi connectivity index (χ1n) is 27.0. The molecule has 0 bridgehead atoms. The molecule has 2 aromatic carbocycles. The van der Waals surface area contributed by atoms with Crippen molar-refractivity contribution in [1.29, 1.82) is 0 Å². The SMILES string of the molecule is CNCC(=O)N[C@H]1CCS[C@H]2CC(C)(C)[C@@H](C(=O)N[C@@H]3c4ccccc4CC[C@H]3C(=O)N3CCN(C(=O)[C@@H]4CCc5ccccc5[C@H]4NC(=O)[C@H]4N5C(=O)[C@@H](NC(=O)[C@H](C)NC)CCS[C@H]5CC4(C)C)CC3)N2C1=O. The molecule has 20 heteroatoms. The minimum atomic E-state index is -0.839. The Morgan fingerprint density at radius 1 is 0.613 bits per heavy atom. The second-order valence-corrected chi connectivity index (χ2v) is 25.5. The molecule has 0 aromatic heterocycles. The van der Waals surface area contributed by atoms with Gasteiger partial charge < -0.3 is 51.5 Å². The molecule has 7 aliphatic rings. The van der Waals surface area contributed by atoms with Crippen LogP contribution in [0.25, 0.3) is 0 Å². The van der Waals surface area contributed by atoms with Crippen LogP contribution >= 0.6 is 23.5 Å². The summed E-state index contributed by atoms with van der Waals surface area (Å²) in [7, 11) is 3.36. The summed E-state index contributed by atoms with van der Waals surface area (Å²) < 4.78 is 0. The maximum atomic E-state index is 14.9. The summed E-state index contributed by atoms with van der Waals surface area (Å²) in [6, 6.07) is 10.7. The summed E-state index contributed by atoms with van der Waals surface area (Å²) in [4.78, 5) is 121. The molecule has 6 N–H and O–H groups in total. The Morgan fingerprint density at radius 2 is 1.04 bits per heavy atom. The van der Waals surface area contributed by atoms with Crippen molar-refractivity contribution < 1.29 is 38.4 Å². The quantitative estimate of drug-likeness (QED) is 0.181. The Morgan fingerprint density at radius 3 is 1.47 bits per heavy atom. The van der Waals surface area contributed by atoms with Gasteiger partial charge >= 0.3 is 0 Å². The van der Waals surface area contributed by atoms with Crippen LogP contribution < -0.4 is 31.9 Å². The summed E-state index contributed by atoms with van der Waals surface area (Å²) in [5.74, 6) is -1.87. The molecule has 75 heavy (non-hydrogen) atoms. The van der Waals surface area contributed by atoms with Gasteiger partial charge in [0.1, 0.15) is 24.2 Å². The van der Waals surface area contributed by atoms with Gasteiger partial charge in [-0.2, -0.15) is 0 Å². The zero-order chi connectivity index (χ0) is 53.5. The van der Waals surface area contributed by atoms with E-state index < -0.39 is 65.0 Å². The summed E-state index contributed by atoms with van der Waals surface area (Å²) in [5.41, 5.74) is 2.65. The number of nitrogens with zero attached hydrogens (tertiary/aromatic N) is 4. The normalized spacial score (nSPS) is 30.3. The van der Waals surface area contributed by atoms with E-state index in [2.05, 4.69) is 31.9 Å². The Hall–Kier alpha value is -5.18. The van der Waals surface area contributed by atoms with E-state index in [1.165, 1.54) is 0 Å². The molecule has 406 valence electrons. The fraction of sp³-hybridized carbons (Fsp3) is 0.636. The Balaban J connectivity index is 0.897. The number of fused-ring (bicyclic) bond motifs is 4. The average molecular weight is 1070 g/mol. The predicted molar refractivity (Wildman–Crippen MR) is 288 cm³/mol. The van der Waals surface area contributed by atoms with Crippen LogP contribution in [0.3, 0.4) is 0 Å². The number of benzene rings is 2. The largest absolute Gasteiger partial charge is 0.347 e. The Bertz CT molecular complexity index is 2560. The molecule has 2 aromatic rings. The molecule has 8 amide bonds. The van der Waals surface area contributed by atoms with Gasteiger partial charge in [-0.1, -0.05) is 76.2 Å². The van der Waals surface area contributed by atoms with Crippen molar-refractivity contribution in [3.05, 3.63) is 70.8 Å². The highest BCUT2D eigenvalue weighted by Gasteiger charge is 2.57. The summed E-state index contributed by atoms with van der Waals surface area (Å²) in [6.45, 7) is 11.0. The second-order valence-electron chi connectivity index (χ2n) is 22.9. The molecule has 0 unspecified atom stereocenters. The molecule has 5 saturated heterocycles. The third-order valence-electron chi connectivity index (χ3n) is 17.1. The van der Waals surface area contributed by atoms with E-state index in [1.807, 2.05) is 86.0 Å². The Kier molecular flexibility index (Phi) is 16.3. The minimum absolute atomic E-state index is 0.0688. The first-order valence-corrected chi connectivity index (χ1v) is 29.1. The van der Waals surface area contributed by atoms with Crippen LogP contribution in [0.5, 0.6) is 0 Å². The van der Waals surface area contributed by atoms with Crippen molar-refractivity contribution >= 4 is 70.8 Å². The van der Waals surface area contributed by atoms with Crippen LogP contribution in [-0.4, -0.2) is 166 Å². The number of hydrogen-bond acceptors (Lipinski definition) is 12. The number of nitrogens with one attached hydrogen (secondary N) is 6. The summed E-state index contributed by atoms with van der Waals surface area (Å²) >= 11 is 3.27. The number of likely N-dealkylation sites (N-methyl/N-ethyl adjacent to an activating group) is 2. The third-order valence-corrected chi connectivity index (χ3v) is 19.6. The van der Waals surface area contributed by atoms with Gasteiger partial charge in [0.15, 0.2) is 0 Å². The summed E-state index contributed by atoms with van der Waals surface area (Å²) in [5, 5.41) is 17.8. The zero-order valence-corrected chi connectivity index (χ0v) is 46.1. The fourth-order valence-corrected chi connectivity index (χ4v) is 16.2. The first kappa shape index (κ1) is 54.6. The van der Waals surface area contributed by atoms with Gasteiger partial charge in [-0.05, 0) is 117 Å². The lowest BCUT2D eigenvalue weighted by Gasteiger charge is -2.43.